The maximum atomic E-state index is 12.4. The van der Waals surface area contributed by atoms with Crippen molar-refractivity contribution in [2.24, 2.45) is 0 Å². The lowest BCUT2D eigenvalue weighted by atomic mass is 10.1. The molecule has 1 aromatic carbocycles. The van der Waals surface area contributed by atoms with Crippen LogP contribution < -0.4 is 10.1 Å². The summed E-state index contributed by atoms with van der Waals surface area (Å²) >= 11 is 1.56. The summed E-state index contributed by atoms with van der Waals surface area (Å²) in [5, 5.41) is 3.06. The number of amides is 1. The van der Waals surface area contributed by atoms with Gasteiger partial charge in [0.2, 0.25) is 0 Å². The number of thiophene rings is 1. The van der Waals surface area contributed by atoms with Crippen molar-refractivity contribution in [3.63, 3.8) is 0 Å². The third-order valence-corrected chi connectivity index (χ3v) is 4.76. The SMILES string of the molecule is CCOc1ccc(C(C)NC(=O)c2cc(CC)c(C)s2)cc1. The number of carbonyl (C=O) groups excluding carboxylic acids is 1. The Labute approximate surface area is 136 Å². The van der Waals surface area contributed by atoms with Crippen molar-refractivity contribution in [3.05, 3.63) is 51.2 Å². The molecular weight excluding hydrogens is 294 g/mol. The van der Waals surface area contributed by atoms with Gasteiger partial charge in [-0.2, -0.15) is 0 Å². The highest BCUT2D eigenvalue weighted by Gasteiger charge is 2.15. The first-order chi connectivity index (χ1) is 10.5. The van der Waals surface area contributed by atoms with Crippen molar-refractivity contribution < 1.29 is 9.53 Å². The van der Waals surface area contributed by atoms with E-state index in [9.17, 15) is 4.79 Å². The number of nitrogens with one attached hydrogen (secondary N) is 1. The fourth-order valence-corrected chi connectivity index (χ4v) is 3.37. The Morgan fingerprint density at radius 1 is 1.27 bits per heavy atom. The Morgan fingerprint density at radius 2 is 1.95 bits per heavy atom. The van der Waals surface area contributed by atoms with Gasteiger partial charge in [-0.25, -0.2) is 0 Å². The summed E-state index contributed by atoms with van der Waals surface area (Å²) in [4.78, 5) is 14.4. The molecule has 22 heavy (non-hydrogen) atoms. The molecule has 0 aliphatic heterocycles. The molecule has 0 spiro atoms. The number of aryl methyl sites for hydroxylation is 2. The minimum absolute atomic E-state index is 0.00538. The van der Waals surface area contributed by atoms with Crippen molar-refractivity contribution in [1.29, 1.82) is 0 Å². The molecule has 118 valence electrons. The highest BCUT2D eigenvalue weighted by molar-refractivity contribution is 7.14. The molecule has 2 aromatic rings. The van der Waals surface area contributed by atoms with Crippen LogP contribution in [0.1, 0.15) is 52.5 Å². The predicted octanol–water partition coefficient (Wildman–Crippen LogP) is 4.51. The maximum Gasteiger partial charge on any atom is 0.261 e. The molecule has 1 amide bonds. The molecule has 4 heteroatoms. The number of ether oxygens (including phenoxy) is 1. The van der Waals surface area contributed by atoms with E-state index >= 15 is 0 Å². The molecule has 1 atom stereocenters. The third kappa shape index (κ3) is 3.89. The minimum Gasteiger partial charge on any atom is -0.494 e. The number of carbonyl (C=O) groups is 1. The van der Waals surface area contributed by atoms with Gasteiger partial charge in [0.05, 0.1) is 17.5 Å². The van der Waals surface area contributed by atoms with Gasteiger partial charge in [-0.05, 0) is 56.5 Å². The monoisotopic (exact) mass is 317 g/mol. The van der Waals surface area contributed by atoms with Crippen LogP contribution in [0.5, 0.6) is 5.75 Å². The average molecular weight is 317 g/mol. The lowest BCUT2D eigenvalue weighted by Gasteiger charge is -2.14. The van der Waals surface area contributed by atoms with Crippen LogP contribution in [0, 0.1) is 6.92 Å². The summed E-state index contributed by atoms with van der Waals surface area (Å²) in [5.41, 5.74) is 2.32. The minimum atomic E-state index is -0.0318. The number of hydrogen-bond acceptors (Lipinski definition) is 3. The van der Waals surface area contributed by atoms with E-state index in [2.05, 4.69) is 19.2 Å². The fraction of sp³-hybridized carbons (Fsp3) is 0.389. The summed E-state index contributed by atoms with van der Waals surface area (Å²) in [6.45, 7) is 8.79. The molecule has 0 fully saturated rings. The van der Waals surface area contributed by atoms with Crippen molar-refractivity contribution >= 4 is 17.2 Å². The largest absolute Gasteiger partial charge is 0.494 e. The summed E-state index contributed by atoms with van der Waals surface area (Å²) < 4.78 is 5.43. The Balaban J connectivity index is 2.03. The van der Waals surface area contributed by atoms with Crippen LogP contribution in [0.3, 0.4) is 0 Å². The van der Waals surface area contributed by atoms with E-state index in [4.69, 9.17) is 4.74 Å². The molecule has 1 unspecified atom stereocenters. The third-order valence-electron chi connectivity index (χ3n) is 3.66. The summed E-state index contributed by atoms with van der Waals surface area (Å²) in [6.07, 6.45) is 0.962. The molecule has 0 aliphatic carbocycles. The van der Waals surface area contributed by atoms with Gasteiger partial charge in [0.15, 0.2) is 0 Å². The summed E-state index contributed by atoms with van der Waals surface area (Å²) in [7, 11) is 0. The van der Waals surface area contributed by atoms with Crippen LogP contribution >= 0.6 is 11.3 Å². The zero-order valence-corrected chi connectivity index (χ0v) is 14.4. The number of hydrogen-bond donors (Lipinski definition) is 1. The van der Waals surface area contributed by atoms with Crippen molar-refractivity contribution in [2.75, 3.05) is 6.61 Å². The molecule has 0 saturated heterocycles. The zero-order chi connectivity index (χ0) is 16.1. The quantitative estimate of drug-likeness (QED) is 0.851. The Hall–Kier alpha value is -1.81. The van der Waals surface area contributed by atoms with Crippen LogP contribution in [0.25, 0.3) is 0 Å². The van der Waals surface area contributed by atoms with Gasteiger partial charge < -0.3 is 10.1 Å². The second-order valence-corrected chi connectivity index (χ2v) is 6.50. The highest BCUT2D eigenvalue weighted by Crippen LogP contribution is 2.23. The van der Waals surface area contributed by atoms with Crippen LogP contribution in [0.4, 0.5) is 0 Å². The van der Waals surface area contributed by atoms with E-state index in [1.54, 1.807) is 11.3 Å². The van der Waals surface area contributed by atoms with Crippen molar-refractivity contribution in [2.45, 2.75) is 40.2 Å². The number of rotatable bonds is 6. The molecule has 1 heterocycles. The molecule has 1 aromatic heterocycles. The van der Waals surface area contributed by atoms with E-state index in [-0.39, 0.29) is 11.9 Å². The van der Waals surface area contributed by atoms with E-state index in [0.29, 0.717) is 6.61 Å². The highest BCUT2D eigenvalue weighted by atomic mass is 32.1. The van der Waals surface area contributed by atoms with E-state index in [1.807, 2.05) is 44.2 Å². The zero-order valence-electron chi connectivity index (χ0n) is 13.6. The summed E-state index contributed by atoms with van der Waals surface area (Å²) in [6, 6.07) is 9.83. The van der Waals surface area contributed by atoms with Gasteiger partial charge in [0.1, 0.15) is 5.75 Å². The Morgan fingerprint density at radius 3 is 2.50 bits per heavy atom. The van der Waals surface area contributed by atoms with Crippen LogP contribution in [-0.2, 0) is 6.42 Å². The second-order valence-electron chi connectivity index (χ2n) is 5.24. The first kappa shape index (κ1) is 16.6. The topological polar surface area (TPSA) is 38.3 Å². The van der Waals surface area contributed by atoms with Gasteiger partial charge in [-0.1, -0.05) is 19.1 Å². The Bertz CT molecular complexity index is 631. The average Bonchev–Trinajstić information content (AvgIpc) is 2.89. The normalized spacial score (nSPS) is 12.0. The molecule has 0 saturated carbocycles. The van der Waals surface area contributed by atoms with Gasteiger partial charge in [-0.15, -0.1) is 11.3 Å². The fourth-order valence-electron chi connectivity index (χ4n) is 2.35. The van der Waals surface area contributed by atoms with Gasteiger partial charge in [0, 0.05) is 4.88 Å². The van der Waals surface area contributed by atoms with Crippen molar-refractivity contribution in [3.8, 4) is 5.75 Å². The van der Waals surface area contributed by atoms with Crippen molar-refractivity contribution in [1.82, 2.24) is 5.32 Å². The van der Waals surface area contributed by atoms with Gasteiger partial charge in [0.25, 0.3) is 5.91 Å². The Kier molecular flexibility index (Phi) is 5.61. The molecule has 0 aliphatic rings. The van der Waals surface area contributed by atoms with E-state index in [0.717, 1.165) is 22.6 Å². The molecule has 2 rings (SSSR count). The molecule has 3 nitrogen and oxygen atoms in total. The van der Waals surface area contributed by atoms with Gasteiger partial charge >= 0.3 is 0 Å². The summed E-state index contributed by atoms with van der Waals surface area (Å²) in [5.74, 6) is 0.848. The van der Waals surface area contributed by atoms with E-state index < -0.39 is 0 Å². The maximum absolute atomic E-state index is 12.4. The standard InChI is InChI=1S/C18H23NO2S/c1-5-14-11-17(22-13(14)4)18(20)19-12(3)15-7-9-16(10-8-15)21-6-2/h7-12H,5-6H2,1-4H3,(H,19,20). The molecule has 0 radical (unpaired) electrons. The lowest BCUT2D eigenvalue weighted by Crippen LogP contribution is -2.25. The molecule has 0 bridgehead atoms. The lowest BCUT2D eigenvalue weighted by molar-refractivity contribution is 0.0944. The van der Waals surface area contributed by atoms with Gasteiger partial charge in [-0.3, -0.25) is 4.79 Å². The number of benzene rings is 1. The van der Waals surface area contributed by atoms with E-state index in [1.165, 1.54) is 10.4 Å². The smallest absolute Gasteiger partial charge is 0.261 e. The second kappa shape index (κ2) is 7.45. The molecule has 1 N–H and O–H groups in total. The van der Waals surface area contributed by atoms with Crippen LogP contribution in [-0.4, -0.2) is 12.5 Å². The first-order valence-electron chi connectivity index (χ1n) is 7.68. The van der Waals surface area contributed by atoms with Crippen LogP contribution in [0.2, 0.25) is 0 Å². The van der Waals surface area contributed by atoms with Crippen LogP contribution in [0.15, 0.2) is 30.3 Å². The first-order valence-corrected chi connectivity index (χ1v) is 8.49. The molecular formula is C18H23NO2S. The predicted molar refractivity (Wildman–Crippen MR) is 91.9 cm³/mol.